The highest BCUT2D eigenvalue weighted by molar-refractivity contribution is 5.94. The molecule has 2 N–H and O–H groups in total. The molecule has 0 saturated heterocycles. The molecule has 0 unspecified atom stereocenters. The second-order valence-corrected chi connectivity index (χ2v) is 4.00. The summed E-state index contributed by atoms with van der Waals surface area (Å²) in [5, 5.41) is 0. The summed E-state index contributed by atoms with van der Waals surface area (Å²) in [5.74, 6) is -0.422. The van der Waals surface area contributed by atoms with Gasteiger partial charge in [0.15, 0.2) is 0 Å². The molecule has 0 aromatic heterocycles. The molecule has 0 radical (unpaired) electrons. The summed E-state index contributed by atoms with van der Waals surface area (Å²) in [6.45, 7) is 0.905. The van der Waals surface area contributed by atoms with Gasteiger partial charge in [-0.15, -0.1) is 0 Å². The number of ether oxygens (including phenoxy) is 1. The van der Waals surface area contributed by atoms with Crippen LogP contribution in [-0.4, -0.2) is 5.91 Å². The van der Waals surface area contributed by atoms with Crippen LogP contribution in [0.2, 0.25) is 0 Å². The first-order valence-corrected chi connectivity index (χ1v) is 5.77. The molecule has 2 aromatic carbocycles. The highest BCUT2D eigenvalue weighted by atomic mass is 16.5. The molecular weight excluding hydrogens is 226 g/mol. The molecule has 0 spiro atoms. The Morgan fingerprint density at radius 2 is 1.61 bits per heavy atom. The van der Waals surface area contributed by atoms with E-state index in [1.54, 1.807) is 12.1 Å². The lowest BCUT2D eigenvalue weighted by Gasteiger charge is -2.07. The van der Waals surface area contributed by atoms with Gasteiger partial charge in [0, 0.05) is 5.56 Å². The quantitative estimate of drug-likeness (QED) is 0.874. The fraction of sp³-hybridized carbons (Fsp3) is 0.133. The summed E-state index contributed by atoms with van der Waals surface area (Å²) in [5.41, 5.74) is 7.75. The molecule has 0 atom stereocenters. The Morgan fingerprint density at radius 3 is 2.33 bits per heavy atom. The van der Waals surface area contributed by atoms with Gasteiger partial charge in [0.2, 0.25) is 5.91 Å². The van der Waals surface area contributed by atoms with Crippen molar-refractivity contribution in [1.82, 2.24) is 0 Å². The van der Waals surface area contributed by atoms with E-state index >= 15 is 0 Å². The first-order chi connectivity index (χ1) is 8.77. The summed E-state index contributed by atoms with van der Waals surface area (Å²) in [4.78, 5) is 11.2. The molecule has 3 nitrogen and oxygen atoms in total. The number of carbonyl (C=O) groups is 1. The fourth-order valence-electron chi connectivity index (χ4n) is 1.74. The van der Waals surface area contributed by atoms with E-state index in [4.69, 9.17) is 10.5 Å². The number of nitrogens with two attached hydrogens (primary N) is 1. The smallest absolute Gasteiger partial charge is 0.249 e. The van der Waals surface area contributed by atoms with E-state index in [1.807, 2.05) is 42.5 Å². The second-order valence-electron chi connectivity index (χ2n) is 4.00. The van der Waals surface area contributed by atoms with Crippen LogP contribution < -0.4 is 5.73 Å². The van der Waals surface area contributed by atoms with Gasteiger partial charge in [0.1, 0.15) is 0 Å². The highest BCUT2D eigenvalue weighted by Crippen LogP contribution is 2.11. The molecule has 0 fully saturated rings. The Bertz CT molecular complexity index is 523. The van der Waals surface area contributed by atoms with Crippen molar-refractivity contribution >= 4 is 5.91 Å². The molecule has 0 aliphatic rings. The number of rotatable bonds is 5. The van der Waals surface area contributed by atoms with Gasteiger partial charge in [-0.05, 0) is 17.2 Å². The van der Waals surface area contributed by atoms with Crippen molar-refractivity contribution in [2.45, 2.75) is 13.2 Å². The molecule has 2 aromatic rings. The molecule has 0 heterocycles. The molecule has 2 rings (SSSR count). The normalized spacial score (nSPS) is 10.2. The second kappa shape index (κ2) is 5.98. The summed E-state index contributed by atoms with van der Waals surface area (Å²) < 4.78 is 5.59. The lowest BCUT2D eigenvalue weighted by Crippen LogP contribution is -2.14. The van der Waals surface area contributed by atoms with E-state index in [-0.39, 0.29) is 0 Å². The zero-order valence-electron chi connectivity index (χ0n) is 10.0. The van der Waals surface area contributed by atoms with Crippen LogP contribution in [0.1, 0.15) is 21.5 Å². The molecule has 0 bridgehead atoms. The first-order valence-electron chi connectivity index (χ1n) is 5.77. The maximum absolute atomic E-state index is 11.2. The van der Waals surface area contributed by atoms with Crippen molar-refractivity contribution in [3.05, 3.63) is 71.3 Å². The zero-order chi connectivity index (χ0) is 12.8. The number of benzene rings is 2. The summed E-state index contributed by atoms with van der Waals surface area (Å²) >= 11 is 0. The Labute approximate surface area is 106 Å². The number of amides is 1. The molecule has 92 valence electrons. The van der Waals surface area contributed by atoms with Crippen molar-refractivity contribution in [2.75, 3.05) is 0 Å². The Morgan fingerprint density at radius 1 is 0.944 bits per heavy atom. The van der Waals surface area contributed by atoms with E-state index < -0.39 is 5.91 Å². The standard InChI is InChI=1S/C15H15NO2/c16-15(17)14-9-5-4-8-13(14)11-18-10-12-6-2-1-3-7-12/h1-9H,10-11H2,(H2,16,17). The van der Waals surface area contributed by atoms with Gasteiger partial charge in [-0.1, -0.05) is 48.5 Å². The SMILES string of the molecule is NC(=O)c1ccccc1COCc1ccccc1. The lowest BCUT2D eigenvalue weighted by atomic mass is 10.1. The van der Waals surface area contributed by atoms with E-state index in [0.29, 0.717) is 18.8 Å². The van der Waals surface area contributed by atoms with Gasteiger partial charge < -0.3 is 10.5 Å². The van der Waals surface area contributed by atoms with Gasteiger partial charge >= 0.3 is 0 Å². The van der Waals surface area contributed by atoms with Crippen molar-refractivity contribution in [3.8, 4) is 0 Å². The van der Waals surface area contributed by atoms with E-state index in [0.717, 1.165) is 11.1 Å². The molecule has 0 aliphatic carbocycles. The third kappa shape index (κ3) is 3.18. The monoisotopic (exact) mass is 241 g/mol. The van der Waals surface area contributed by atoms with E-state index in [1.165, 1.54) is 0 Å². The predicted molar refractivity (Wildman–Crippen MR) is 69.9 cm³/mol. The van der Waals surface area contributed by atoms with Crippen molar-refractivity contribution in [3.63, 3.8) is 0 Å². The van der Waals surface area contributed by atoms with Crippen LogP contribution in [0.4, 0.5) is 0 Å². The van der Waals surface area contributed by atoms with Crippen molar-refractivity contribution < 1.29 is 9.53 Å². The Hall–Kier alpha value is -2.13. The Balaban J connectivity index is 1.97. The van der Waals surface area contributed by atoms with Gasteiger partial charge in [0.25, 0.3) is 0 Å². The van der Waals surface area contributed by atoms with Crippen LogP contribution in [-0.2, 0) is 18.0 Å². The van der Waals surface area contributed by atoms with Crippen LogP contribution in [0.3, 0.4) is 0 Å². The van der Waals surface area contributed by atoms with Crippen LogP contribution in [0.25, 0.3) is 0 Å². The van der Waals surface area contributed by atoms with Gasteiger partial charge in [0.05, 0.1) is 13.2 Å². The lowest BCUT2D eigenvalue weighted by molar-refractivity contribution is 0.0966. The number of hydrogen-bond donors (Lipinski definition) is 1. The van der Waals surface area contributed by atoms with Crippen LogP contribution in [0.5, 0.6) is 0 Å². The van der Waals surface area contributed by atoms with Gasteiger partial charge in [-0.25, -0.2) is 0 Å². The summed E-state index contributed by atoms with van der Waals surface area (Å²) in [7, 11) is 0. The number of primary amides is 1. The third-order valence-corrected chi connectivity index (χ3v) is 2.65. The van der Waals surface area contributed by atoms with Gasteiger partial charge in [-0.3, -0.25) is 4.79 Å². The predicted octanol–water partition coefficient (Wildman–Crippen LogP) is 2.50. The first kappa shape index (κ1) is 12.3. The minimum absolute atomic E-state index is 0.383. The average Bonchev–Trinajstić information content (AvgIpc) is 2.40. The minimum atomic E-state index is -0.422. The largest absolute Gasteiger partial charge is 0.372 e. The highest BCUT2D eigenvalue weighted by Gasteiger charge is 2.06. The average molecular weight is 241 g/mol. The van der Waals surface area contributed by atoms with Crippen molar-refractivity contribution in [1.29, 1.82) is 0 Å². The third-order valence-electron chi connectivity index (χ3n) is 2.65. The Kier molecular flexibility index (Phi) is 4.10. The van der Waals surface area contributed by atoms with Crippen LogP contribution in [0, 0.1) is 0 Å². The zero-order valence-corrected chi connectivity index (χ0v) is 10.0. The van der Waals surface area contributed by atoms with E-state index in [2.05, 4.69) is 0 Å². The van der Waals surface area contributed by atoms with Crippen molar-refractivity contribution in [2.24, 2.45) is 5.73 Å². The molecule has 0 saturated carbocycles. The van der Waals surface area contributed by atoms with Gasteiger partial charge in [-0.2, -0.15) is 0 Å². The van der Waals surface area contributed by atoms with E-state index in [9.17, 15) is 4.79 Å². The maximum atomic E-state index is 11.2. The molecular formula is C15H15NO2. The number of hydrogen-bond acceptors (Lipinski definition) is 2. The molecule has 3 heteroatoms. The molecule has 0 aliphatic heterocycles. The van der Waals surface area contributed by atoms with Crippen LogP contribution in [0.15, 0.2) is 54.6 Å². The number of carbonyl (C=O) groups excluding carboxylic acids is 1. The summed E-state index contributed by atoms with van der Waals surface area (Å²) in [6.07, 6.45) is 0. The summed E-state index contributed by atoms with van der Waals surface area (Å²) in [6, 6.07) is 17.1. The van der Waals surface area contributed by atoms with Crippen LogP contribution >= 0.6 is 0 Å². The fourth-order valence-corrected chi connectivity index (χ4v) is 1.74. The molecule has 1 amide bonds. The topological polar surface area (TPSA) is 52.3 Å². The maximum Gasteiger partial charge on any atom is 0.249 e. The molecule has 18 heavy (non-hydrogen) atoms. The minimum Gasteiger partial charge on any atom is -0.372 e.